The molecule has 18 heavy (non-hydrogen) atoms. The van der Waals surface area contributed by atoms with Crippen LogP contribution in [0.1, 0.15) is 50.4 Å². The molecule has 0 bridgehead atoms. The van der Waals surface area contributed by atoms with Gasteiger partial charge in [-0.2, -0.15) is 0 Å². The number of aryl methyl sites for hydroxylation is 1. The second kappa shape index (κ2) is 6.14. The van der Waals surface area contributed by atoms with Crippen LogP contribution < -0.4 is 10.6 Å². The number of hydrogen-bond donors (Lipinski definition) is 2. The highest BCUT2D eigenvalue weighted by Crippen LogP contribution is 2.15. The molecule has 1 fully saturated rings. The minimum Gasteiger partial charge on any atom is -0.353 e. The van der Waals surface area contributed by atoms with Crippen molar-refractivity contribution in [3.8, 4) is 0 Å². The van der Waals surface area contributed by atoms with Crippen LogP contribution in [0.5, 0.6) is 0 Å². The van der Waals surface area contributed by atoms with Crippen LogP contribution >= 0.6 is 0 Å². The fourth-order valence-corrected chi connectivity index (χ4v) is 2.28. The molecule has 0 radical (unpaired) electrons. The van der Waals surface area contributed by atoms with E-state index >= 15 is 0 Å². The number of rotatable bonds is 4. The van der Waals surface area contributed by atoms with Crippen LogP contribution in [0.4, 0.5) is 5.95 Å². The van der Waals surface area contributed by atoms with Gasteiger partial charge in [-0.3, -0.25) is 0 Å². The third-order valence-electron chi connectivity index (χ3n) is 3.38. The van der Waals surface area contributed by atoms with Crippen molar-refractivity contribution < 1.29 is 0 Å². The minimum atomic E-state index is 0.444. The molecular weight excluding hydrogens is 224 g/mol. The van der Waals surface area contributed by atoms with Crippen molar-refractivity contribution in [2.24, 2.45) is 0 Å². The van der Waals surface area contributed by atoms with Gasteiger partial charge >= 0.3 is 0 Å². The average Bonchev–Trinajstić information content (AvgIpc) is 2.37. The van der Waals surface area contributed by atoms with Crippen molar-refractivity contribution >= 4 is 5.95 Å². The molecule has 1 unspecified atom stereocenters. The Labute approximate surface area is 110 Å². The Kier molecular flexibility index (Phi) is 4.53. The van der Waals surface area contributed by atoms with Gasteiger partial charge in [0, 0.05) is 24.0 Å². The summed E-state index contributed by atoms with van der Waals surface area (Å²) >= 11 is 0. The zero-order valence-corrected chi connectivity index (χ0v) is 11.7. The number of nitrogens with one attached hydrogen (secondary N) is 2. The smallest absolute Gasteiger partial charge is 0.223 e. The Morgan fingerprint density at radius 3 is 2.89 bits per heavy atom. The first-order chi connectivity index (χ1) is 8.65. The maximum absolute atomic E-state index is 4.57. The molecule has 1 aromatic rings. The van der Waals surface area contributed by atoms with Crippen LogP contribution in [0, 0.1) is 6.92 Å². The van der Waals surface area contributed by atoms with Crippen LogP contribution in [0.25, 0.3) is 0 Å². The molecule has 0 spiro atoms. The van der Waals surface area contributed by atoms with E-state index in [9.17, 15) is 0 Å². The van der Waals surface area contributed by atoms with Gasteiger partial charge < -0.3 is 10.6 Å². The van der Waals surface area contributed by atoms with Gasteiger partial charge in [-0.05, 0) is 38.3 Å². The van der Waals surface area contributed by atoms with Gasteiger partial charge in [0.25, 0.3) is 0 Å². The summed E-state index contributed by atoms with van der Waals surface area (Å²) in [6.07, 6.45) is 3.87. The van der Waals surface area contributed by atoms with Gasteiger partial charge in [0.15, 0.2) is 0 Å². The Balaban J connectivity index is 1.95. The van der Waals surface area contributed by atoms with E-state index in [0.29, 0.717) is 12.0 Å². The van der Waals surface area contributed by atoms with E-state index in [1.165, 1.54) is 19.3 Å². The predicted molar refractivity (Wildman–Crippen MR) is 75.0 cm³/mol. The molecule has 4 heteroatoms. The summed E-state index contributed by atoms with van der Waals surface area (Å²) < 4.78 is 0. The molecule has 0 amide bonds. The fourth-order valence-electron chi connectivity index (χ4n) is 2.28. The third-order valence-corrected chi connectivity index (χ3v) is 3.38. The SMILES string of the molecule is Cc1cc(C(C)C)nc(NCC2CCCCN2)n1. The molecule has 1 aliphatic heterocycles. The van der Waals surface area contributed by atoms with Gasteiger partial charge in [0.2, 0.25) is 5.95 Å². The summed E-state index contributed by atoms with van der Waals surface area (Å²) in [6.45, 7) is 8.40. The third kappa shape index (κ3) is 3.67. The van der Waals surface area contributed by atoms with E-state index in [1.807, 2.05) is 6.92 Å². The molecule has 1 saturated heterocycles. The highest BCUT2D eigenvalue weighted by molar-refractivity contribution is 5.29. The van der Waals surface area contributed by atoms with Crippen LogP contribution in [0.2, 0.25) is 0 Å². The molecule has 2 rings (SSSR count). The highest BCUT2D eigenvalue weighted by atomic mass is 15.1. The second-order valence-electron chi connectivity index (χ2n) is 5.44. The fraction of sp³-hybridized carbons (Fsp3) is 0.714. The zero-order chi connectivity index (χ0) is 13.0. The van der Waals surface area contributed by atoms with E-state index in [-0.39, 0.29) is 0 Å². The van der Waals surface area contributed by atoms with Crippen molar-refractivity contribution in [2.75, 3.05) is 18.4 Å². The van der Waals surface area contributed by atoms with Crippen LogP contribution in [-0.2, 0) is 0 Å². The first-order valence-electron chi connectivity index (χ1n) is 6.98. The molecule has 0 aliphatic carbocycles. The quantitative estimate of drug-likeness (QED) is 0.859. The van der Waals surface area contributed by atoms with E-state index in [1.54, 1.807) is 0 Å². The van der Waals surface area contributed by atoms with Crippen molar-refractivity contribution in [3.05, 3.63) is 17.5 Å². The molecule has 2 N–H and O–H groups in total. The molecule has 0 aromatic carbocycles. The largest absolute Gasteiger partial charge is 0.353 e. The van der Waals surface area contributed by atoms with Crippen molar-refractivity contribution in [2.45, 2.75) is 52.0 Å². The van der Waals surface area contributed by atoms with E-state index < -0.39 is 0 Å². The minimum absolute atomic E-state index is 0.444. The maximum atomic E-state index is 4.57. The Morgan fingerprint density at radius 2 is 2.22 bits per heavy atom. The molecular formula is C14H24N4. The zero-order valence-electron chi connectivity index (χ0n) is 11.7. The lowest BCUT2D eigenvalue weighted by atomic mass is 10.1. The number of anilines is 1. The molecule has 0 saturated carbocycles. The number of hydrogen-bond acceptors (Lipinski definition) is 4. The lowest BCUT2D eigenvalue weighted by molar-refractivity contribution is 0.413. The number of nitrogens with zero attached hydrogens (tertiary/aromatic N) is 2. The summed E-state index contributed by atoms with van der Waals surface area (Å²) in [4.78, 5) is 9.02. The summed E-state index contributed by atoms with van der Waals surface area (Å²) in [6, 6.07) is 2.62. The lowest BCUT2D eigenvalue weighted by Crippen LogP contribution is -2.39. The summed E-state index contributed by atoms with van der Waals surface area (Å²) in [5.41, 5.74) is 2.15. The van der Waals surface area contributed by atoms with Crippen molar-refractivity contribution in [3.63, 3.8) is 0 Å². The number of piperidine rings is 1. The van der Waals surface area contributed by atoms with Crippen molar-refractivity contribution in [1.29, 1.82) is 0 Å². The average molecular weight is 248 g/mol. The topological polar surface area (TPSA) is 49.8 Å². The van der Waals surface area contributed by atoms with Crippen LogP contribution in [0.15, 0.2) is 6.07 Å². The van der Waals surface area contributed by atoms with Gasteiger partial charge in [0.05, 0.1) is 0 Å². The molecule has 2 heterocycles. The van der Waals surface area contributed by atoms with Crippen LogP contribution in [0.3, 0.4) is 0 Å². The molecule has 1 atom stereocenters. The summed E-state index contributed by atoms with van der Waals surface area (Å²) in [5.74, 6) is 1.21. The van der Waals surface area contributed by atoms with Crippen LogP contribution in [-0.4, -0.2) is 29.1 Å². The normalized spacial score (nSPS) is 20.1. The second-order valence-corrected chi connectivity index (χ2v) is 5.44. The van der Waals surface area contributed by atoms with Gasteiger partial charge in [-0.15, -0.1) is 0 Å². The van der Waals surface area contributed by atoms with Gasteiger partial charge in [0.1, 0.15) is 0 Å². The number of aromatic nitrogens is 2. The van der Waals surface area contributed by atoms with Crippen molar-refractivity contribution in [1.82, 2.24) is 15.3 Å². The lowest BCUT2D eigenvalue weighted by Gasteiger charge is -2.23. The standard InChI is InChI=1S/C14H24N4/c1-10(2)13-8-11(3)17-14(18-13)16-9-12-6-4-5-7-15-12/h8,10,12,15H,4-7,9H2,1-3H3,(H,16,17,18). The van der Waals surface area contributed by atoms with Gasteiger partial charge in [-0.1, -0.05) is 20.3 Å². The molecule has 1 aromatic heterocycles. The highest BCUT2D eigenvalue weighted by Gasteiger charge is 2.13. The summed E-state index contributed by atoms with van der Waals surface area (Å²) in [7, 11) is 0. The van der Waals surface area contributed by atoms with E-state index in [2.05, 4.69) is 40.5 Å². The molecule has 100 valence electrons. The van der Waals surface area contributed by atoms with E-state index in [0.717, 1.165) is 30.4 Å². The van der Waals surface area contributed by atoms with Gasteiger partial charge in [-0.25, -0.2) is 9.97 Å². The Hall–Kier alpha value is -1.16. The predicted octanol–water partition coefficient (Wildman–Crippen LogP) is 2.46. The monoisotopic (exact) mass is 248 g/mol. The Morgan fingerprint density at radius 1 is 1.39 bits per heavy atom. The summed E-state index contributed by atoms with van der Waals surface area (Å²) in [5, 5.41) is 6.89. The first kappa shape index (κ1) is 13.3. The van der Waals surface area contributed by atoms with E-state index in [4.69, 9.17) is 0 Å². The maximum Gasteiger partial charge on any atom is 0.223 e. The molecule has 4 nitrogen and oxygen atoms in total. The first-order valence-corrected chi connectivity index (χ1v) is 6.98. The molecule has 1 aliphatic rings. The Bertz CT molecular complexity index is 383.